The van der Waals surface area contributed by atoms with Crippen LogP contribution in [-0.2, 0) is 6.54 Å². The normalized spacial score (nSPS) is 16.4. The van der Waals surface area contributed by atoms with E-state index >= 15 is 0 Å². The minimum Gasteiger partial charge on any atom is -0.460 e. The van der Waals surface area contributed by atoms with Gasteiger partial charge in [0.15, 0.2) is 0 Å². The second-order valence-corrected chi connectivity index (χ2v) is 13.1. The Kier molecular flexibility index (Phi) is 8.59. The summed E-state index contributed by atoms with van der Waals surface area (Å²) in [6, 6.07) is 29.3. The summed E-state index contributed by atoms with van der Waals surface area (Å²) in [5, 5.41) is 14.8. The van der Waals surface area contributed by atoms with Gasteiger partial charge in [-0.3, -0.25) is 9.88 Å². The van der Waals surface area contributed by atoms with E-state index in [1.54, 1.807) is 18.0 Å². The van der Waals surface area contributed by atoms with Gasteiger partial charge in [0.2, 0.25) is 0 Å². The van der Waals surface area contributed by atoms with Crippen LogP contribution in [0.25, 0.3) is 22.2 Å². The van der Waals surface area contributed by atoms with Crippen LogP contribution in [0.2, 0.25) is 5.02 Å². The van der Waals surface area contributed by atoms with Gasteiger partial charge in [-0.25, -0.2) is 0 Å². The van der Waals surface area contributed by atoms with Crippen molar-refractivity contribution in [1.82, 2.24) is 14.8 Å². The lowest BCUT2D eigenvalue weighted by molar-refractivity contribution is 0.118. The maximum Gasteiger partial charge on any atom is 0.134 e. The van der Waals surface area contributed by atoms with Crippen molar-refractivity contribution in [3.63, 3.8) is 0 Å². The van der Waals surface area contributed by atoms with Crippen LogP contribution in [0.5, 0.6) is 0 Å². The fourth-order valence-corrected chi connectivity index (χ4v) is 7.51. The van der Waals surface area contributed by atoms with Gasteiger partial charge in [0.05, 0.1) is 28.3 Å². The third-order valence-electron chi connectivity index (χ3n) is 8.70. The Morgan fingerprint density at radius 2 is 1.77 bits per heavy atom. The molecule has 8 heteroatoms. The Labute approximate surface area is 267 Å². The number of piperidine rings is 1. The van der Waals surface area contributed by atoms with Crippen LogP contribution in [0.1, 0.15) is 37.0 Å². The Morgan fingerprint density at radius 1 is 0.955 bits per heavy atom. The number of fused-ring (bicyclic) bond motifs is 1. The first-order valence-corrected chi connectivity index (χ1v) is 16.5. The Balaban J connectivity index is 1.06. The van der Waals surface area contributed by atoms with Crippen LogP contribution < -0.4 is 5.32 Å². The molecule has 3 aromatic carbocycles. The van der Waals surface area contributed by atoms with E-state index in [0.29, 0.717) is 16.3 Å². The molecule has 0 atom stereocenters. The van der Waals surface area contributed by atoms with E-state index < -0.39 is 0 Å². The summed E-state index contributed by atoms with van der Waals surface area (Å²) >= 11 is 8.29. The molecule has 5 aromatic rings. The number of nitriles is 1. The minimum atomic E-state index is 0.470. The molecular formula is C36H34ClN5OS. The molecule has 44 heavy (non-hydrogen) atoms. The molecule has 2 aromatic heterocycles. The van der Waals surface area contributed by atoms with Gasteiger partial charge in [0.1, 0.15) is 17.6 Å². The van der Waals surface area contributed by atoms with Crippen molar-refractivity contribution in [2.24, 2.45) is 0 Å². The van der Waals surface area contributed by atoms with E-state index in [1.807, 2.05) is 60.7 Å². The molecule has 0 amide bonds. The van der Waals surface area contributed by atoms with Crippen LogP contribution >= 0.6 is 23.4 Å². The molecule has 6 nitrogen and oxygen atoms in total. The highest BCUT2D eigenvalue weighted by Gasteiger charge is 2.26. The van der Waals surface area contributed by atoms with Crippen molar-refractivity contribution >= 4 is 45.6 Å². The van der Waals surface area contributed by atoms with Crippen molar-refractivity contribution < 1.29 is 4.42 Å². The SMILES string of the molecule is N#Cc1cnc2cc(-c3ccc(CN4CCC(N5CCCC5)CC4)o3)ccc2c1Nc1ccc(Sc2ccccc2)c(Cl)c1. The molecule has 4 heterocycles. The summed E-state index contributed by atoms with van der Waals surface area (Å²) in [6.07, 6.45) is 6.82. The minimum absolute atomic E-state index is 0.470. The second kappa shape index (κ2) is 13.1. The van der Waals surface area contributed by atoms with Gasteiger partial charge in [-0.15, -0.1) is 0 Å². The lowest BCUT2D eigenvalue weighted by Crippen LogP contribution is -2.43. The van der Waals surface area contributed by atoms with Crippen LogP contribution in [0.3, 0.4) is 0 Å². The molecular weight excluding hydrogens is 586 g/mol. The predicted molar refractivity (Wildman–Crippen MR) is 179 cm³/mol. The van der Waals surface area contributed by atoms with Gasteiger partial charge in [-0.05, 0) is 93.4 Å². The number of pyridine rings is 1. The van der Waals surface area contributed by atoms with E-state index in [4.69, 9.17) is 16.0 Å². The van der Waals surface area contributed by atoms with Crippen molar-refractivity contribution in [3.05, 3.63) is 101 Å². The fraction of sp³-hybridized carbons (Fsp3) is 0.278. The van der Waals surface area contributed by atoms with Crippen molar-refractivity contribution in [2.75, 3.05) is 31.5 Å². The molecule has 0 unspecified atom stereocenters. The number of aromatic nitrogens is 1. The average molecular weight is 620 g/mol. The largest absolute Gasteiger partial charge is 0.460 e. The molecule has 1 N–H and O–H groups in total. The molecule has 2 saturated heterocycles. The number of rotatable bonds is 8. The van der Waals surface area contributed by atoms with Crippen LogP contribution in [0, 0.1) is 11.3 Å². The van der Waals surface area contributed by atoms with E-state index in [2.05, 4.69) is 44.4 Å². The lowest BCUT2D eigenvalue weighted by Gasteiger charge is -2.36. The summed E-state index contributed by atoms with van der Waals surface area (Å²) in [5.41, 5.74) is 3.73. The highest BCUT2D eigenvalue weighted by Crippen LogP contribution is 2.37. The Morgan fingerprint density at radius 3 is 2.55 bits per heavy atom. The molecule has 0 saturated carbocycles. The van der Waals surface area contributed by atoms with Gasteiger partial charge in [-0.2, -0.15) is 5.26 Å². The molecule has 2 aliphatic rings. The van der Waals surface area contributed by atoms with Crippen LogP contribution in [0.4, 0.5) is 11.4 Å². The van der Waals surface area contributed by atoms with Gasteiger partial charge < -0.3 is 14.6 Å². The summed E-state index contributed by atoms with van der Waals surface area (Å²) < 4.78 is 6.32. The number of benzene rings is 3. The molecule has 222 valence electrons. The summed E-state index contributed by atoms with van der Waals surface area (Å²) in [5.74, 6) is 1.81. The fourth-order valence-electron chi connectivity index (χ4n) is 6.38. The van der Waals surface area contributed by atoms with Gasteiger partial charge >= 0.3 is 0 Å². The zero-order valence-corrected chi connectivity index (χ0v) is 26.1. The quantitative estimate of drug-likeness (QED) is 0.186. The van der Waals surface area contributed by atoms with Crippen LogP contribution in [0.15, 0.2) is 99.3 Å². The first-order valence-electron chi connectivity index (χ1n) is 15.3. The predicted octanol–water partition coefficient (Wildman–Crippen LogP) is 8.97. The summed E-state index contributed by atoms with van der Waals surface area (Å²) in [6.45, 7) is 5.63. The van der Waals surface area contributed by atoms with Crippen molar-refractivity contribution in [1.29, 1.82) is 5.26 Å². The van der Waals surface area contributed by atoms with E-state index in [9.17, 15) is 5.26 Å². The molecule has 0 aliphatic carbocycles. The number of nitrogens with zero attached hydrogens (tertiary/aromatic N) is 4. The smallest absolute Gasteiger partial charge is 0.134 e. The second-order valence-electron chi connectivity index (χ2n) is 11.6. The van der Waals surface area contributed by atoms with Crippen molar-refractivity contribution in [3.8, 4) is 17.4 Å². The van der Waals surface area contributed by atoms with Gasteiger partial charge in [-0.1, -0.05) is 47.6 Å². The number of halogens is 1. The summed E-state index contributed by atoms with van der Waals surface area (Å²) in [4.78, 5) is 11.9. The maximum atomic E-state index is 9.88. The number of likely N-dealkylation sites (tertiary alicyclic amines) is 2. The number of hydrogen-bond acceptors (Lipinski definition) is 7. The van der Waals surface area contributed by atoms with Gasteiger partial charge in [0, 0.05) is 51.8 Å². The van der Waals surface area contributed by atoms with E-state index in [-0.39, 0.29) is 0 Å². The highest BCUT2D eigenvalue weighted by atomic mass is 35.5. The Hall–Kier alpha value is -3.80. The zero-order chi connectivity index (χ0) is 29.9. The molecule has 0 spiro atoms. The van der Waals surface area contributed by atoms with Gasteiger partial charge in [0.25, 0.3) is 0 Å². The molecule has 0 radical (unpaired) electrons. The monoisotopic (exact) mass is 619 g/mol. The maximum absolute atomic E-state index is 9.88. The first-order chi connectivity index (χ1) is 21.6. The lowest BCUT2D eigenvalue weighted by atomic mass is 10.0. The number of furan rings is 1. The average Bonchev–Trinajstić information content (AvgIpc) is 3.77. The number of anilines is 2. The van der Waals surface area contributed by atoms with E-state index in [0.717, 1.165) is 69.1 Å². The Bertz CT molecular complexity index is 1800. The van der Waals surface area contributed by atoms with Crippen LogP contribution in [-0.4, -0.2) is 47.0 Å². The molecule has 2 fully saturated rings. The molecule has 7 rings (SSSR count). The highest BCUT2D eigenvalue weighted by molar-refractivity contribution is 7.99. The standard InChI is InChI=1S/C36H34ClN5OS/c37-32-21-27(9-13-35(32)44-30-6-2-1-3-7-30)40-36-26(22-38)23-39-33-20-25(8-11-31(33)36)34-12-10-29(43-34)24-41-18-14-28(15-19-41)42-16-4-5-17-42/h1-3,6-13,20-21,23,28H,4-5,14-19,24H2,(H,39,40). The zero-order valence-electron chi connectivity index (χ0n) is 24.5. The first kappa shape index (κ1) is 28.9. The van der Waals surface area contributed by atoms with E-state index in [1.165, 1.54) is 38.8 Å². The van der Waals surface area contributed by atoms with Crippen molar-refractivity contribution in [2.45, 2.75) is 48.1 Å². The molecule has 0 bridgehead atoms. The molecule has 2 aliphatic heterocycles. The third-order valence-corrected chi connectivity index (χ3v) is 10.2. The number of hydrogen-bond donors (Lipinski definition) is 1. The topological polar surface area (TPSA) is 68.3 Å². The summed E-state index contributed by atoms with van der Waals surface area (Å²) in [7, 11) is 0. The number of nitrogens with one attached hydrogen (secondary N) is 1. The third kappa shape index (κ3) is 6.36.